The van der Waals surface area contributed by atoms with Crippen LogP contribution in [0.25, 0.3) is 0 Å². The summed E-state index contributed by atoms with van der Waals surface area (Å²) in [5, 5.41) is 11.0. The predicted octanol–water partition coefficient (Wildman–Crippen LogP) is 5.58. The van der Waals surface area contributed by atoms with E-state index >= 15 is 0 Å². The minimum Gasteiger partial charge on any atom is -0.390 e. The Morgan fingerprint density at radius 2 is 1.69 bits per heavy atom. The number of rotatable bonds is 3. The van der Waals surface area contributed by atoms with Crippen LogP contribution in [0, 0.1) is 40.9 Å². The van der Waals surface area contributed by atoms with Crippen LogP contribution < -0.4 is 0 Å². The molecule has 4 aliphatic carbocycles. The summed E-state index contributed by atoms with van der Waals surface area (Å²) < 4.78 is 5.93. The van der Waals surface area contributed by atoms with Crippen LogP contribution in [0.1, 0.15) is 91.4 Å². The van der Waals surface area contributed by atoms with Crippen molar-refractivity contribution in [3.05, 3.63) is 0 Å². The largest absolute Gasteiger partial charge is 0.390 e. The molecule has 5 rings (SSSR count). The van der Waals surface area contributed by atoms with Crippen molar-refractivity contribution in [1.29, 1.82) is 0 Å². The zero-order chi connectivity index (χ0) is 18.2. The summed E-state index contributed by atoms with van der Waals surface area (Å²) >= 11 is 0. The maximum absolute atomic E-state index is 11.0. The van der Waals surface area contributed by atoms with Crippen LogP contribution >= 0.6 is 0 Å². The van der Waals surface area contributed by atoms with E-state index in [2.05, 4.69) is 20.8 Å². The molecule has 0 amide bonds. The molecule has 1 aliphatic heterocycles. The Kier molecular flexibility index (Phi) is 4.12. The summed E-state index contributed by atoms with van der Waals surface area (Å²) in [6.45, 7) is 8.24. The lowest BCUT2D eigenvalue weighted by Crippen LogP contribution is -2.51. The lowest BCUT2D eigenvalue weighted by atomic mass is 9.48. The molecule has 9 atom stereocenters. The van der Waals surface area contributed by atoms with Gasteiger partial charge in [0.25, 0.3) is 0 Å². The molecule has 26 heavy (non-hydrogen) atoms. The van der Waals surface area contributed by atoms with Gasteiger partial charge in [0, 0.05) is 0 Å². The second-order valence-corrected chi connectivity index (χ2v) is 11.4. The summed E-state index contributed by atoms with van der Waals surface area (Å²) in [5.74, 6) is 5.42. The average molecular weight is 361 g/mol. The Labute approximate surface area is 160 Å². The molecule has 0 aromatic rings. The van der Waals surface area contributed by atoms with Crippen molar-refractivity contribution in [3.8, 4) is 0 Å². The number of hydrogen-bond donors (Lipinski definition) is 1. The molecule has 5 fully saturated rings. The third-order valence-electron chi connectivity index (χ3n) is 10.2. The van der Waals surface area contributed by atoms with Gasteiger partial charge in [0.05, 0.1) is 17.8 Å². The van der Waals surface area contributed by atoms with E-state index in [9.17, 15) is 5.11 Å². The van der Waals surface area contributed by atoms with Crippen molar-refractivity contribution in [2.45, 2.75) is 103 Å². The molecule has 1 heterocycles. The molecule has 5 aliphatic rings. The highest BCUT2D eigenvalue weighted by molar-refractivity contribution is 5.12. The van der Waals surface area contributed by atoms with Gasteiger partial charge in [0.2, 0.25) is 0 Å². The number of hydrogen-bond acceptors (Lipinski definition) is 2. The highest BCUT2D eigenvalue weighted by Gasteiger charge is 2.63. The molecular weight excluding hydrogens is 320 g/mol. The van der Waals surface area contributed by atoms with Crippen LogP contribution in [0.4, 0.5) is 0 Å². The summed E-state index contributed by atoms with van der Waals surface area (Å²) in [5.41, 5.74) is 0.425. The maximum atomic E-state index is 11.0. The van der Waals surface area contributed by atoms with Crippen LogP contribution in [0.2, 0.25) is 0 Å². The van der Waals surface area contributed by atoms with Gasteiger partial charge in [-0.05, 0) is 112 Å². The number of ether oxygens (including phenoxy) is 1. The van der Waals surface area contributed by atoms with Crippen LogP contribution in [-0.2, 0) is 4.74 Å². The van der Waals surface area contributed by atoms with Gasteiger partial charge >= 0.3 is 0 Å². The molecule has 1 saturated heterocycles. The molecule has 0 bridgehead atoms. The van der Waals surface area contributed by atoms with Crippen molar-refractivity contribution >= 4 is 0 Å². The third-order valence-corrected chi connectivity index (χ3v) is 10.2. The first-order valence-corrected chi connectivity index (χ1v) is 11.7. The van der Waals surface area contributed by atoms with Gasteiger partial charge < -0.3 is 9.84 Å². The summed E-state index contributed by atoms with van der Waals surface area (Å²) in [4.78, 5) is 0. The van der Waals surface area contributed by atoms with Gasteiger partial charge in [-0.15, -0.1) is 0 Å². The Balaban J connectivity index is 1.33. The molecule has 2 nitrogen and oxygen atoms in total. The third kappa shape index (κ3) is 2.57. The molecule has 148 valence electrons. The minimum atomic E-state index is -0.331. The van der Waals surface area contributed by atoms with Crippen molar-refractivity contribution in [1.82, 2.24) is 0 Å². The second-order valence-electron chi connectivity index (χ2n) is 11.4. The summed E-state index contributed by atoms with van der Waals surface area (Å²) in [7, 11) is 0. The number of aliphatic hydroxyl groups is 1. The fourth-order valence-corrected chi connectivity index (χ4v) is 8.97. The second kappa shape index (κ2) is 5.96. The van der Waals surface area contributed by atoms with E-state index in [4.69, 9.17) is 4.74 Å². The molecule has 4 saturated carbocycles. The number of fused-ring (bicyclic) bond motifs is 5. The fraction of sp³-hybridized carbons (Fsp3) is 1.00. The van der Waals surface area contributed by atoms with Crippen molar-refractivity contribution in [3.63, 3.8) is 0 Å². The SMILES string of the molecule is CCC[C@@]1(O)CC[C@H]2[C@@H](CC[C@@H]3[C@@H]2CC[C@]2(C)[C@@H](C4(C)CO4)CC[C@@H]32)C1. The minimum absolute atomic E-state index is 0.217. The first-order chi connectivity index (χ1) is 12.4. The fourth-order valence-electron chi connectivity index (χ4n) is 8.97. The standard InChI is InChI=1S/C24H40O2/c1-4-11-24(25)13-10-17-16(14-24)5-6-19-18(17)9-12-22(2)20(19)7-8-21(22)23(3)15-26-23/h16-21,25H,4-15H2,1-3H3/t16-,17-,18+,19+,20-,21-,22-,23?,24+/m0/s1. The van der Waals surface area contributed by atoms with Gasteiger partial charge in [-0.25, -0.2) is 0 Å². The van der Waals surface area contributed by atoms with Crippen molar-refractivity contribution in [2.24, 2.45) is 40.9 Å². The molecule has 0 aromatic carbocycles. The van der Waals surface area contributed by atoms with E-state index < -0.39 is 0 Å². The Morgan fingerprint density at radius 3 is 2.42 bits per heavy atom. The van der Waals surface area contributed by atoms with E-state index in [1.54, 1.807) is 0 Å². The van der Waals surface area contributed by atoms with Gasteiger partial charge in [-0.1, -0.05) is 20.3 Å². The maximum Gasteiger partial charge on any atom is 0.0921 e. The molecule has 0 aromatic heterocycles. The van der Waals surface area contributed by atoms with Crippen molar-refractivity contribution < 1.29 is 9.84 Å². The molecule has 1 N–H and O–H groups in total. The topological polar surface area (TPSA) is 32.8 Å². The Hall–Kier alpha value is -0.0800. The normalized spacial score (nSPS) is 58.6. The quantitative estimate of drug-likeness (QED) is 0.667. The molecule has 0 radical (unpaired) electrons. The predicted molar refractivity (Wildman–Crippen MR) is 105 cm³/mol. The highest BCUT2D eigenvalue weighted by Crippen LogP contribution is 2.67. The average Bonchev–Trinajstić information content (AvgIpc) is 3.23. The van der Waals surface area contributed by atoms with E-state index in [0.717, 1.165) is 67.8 Å². The van der Waals surface area contributed by atoms with E-state index in [0.29, 0.717) is 5.41 Å². The first kappa shape index (κ1) is 18.0. The van der Waals surface area contributed by atoms with Crippen molar-refractivity contribution in [2.75, 3.05) is 6.61 Å². The summed E-state index contributed by atoms with van der Waals surface area (Å²) in [6.07, 6.45) is 14.2. The Morgan fingerprint density at radius 1 is 0.923 bits per heavy atom. The van der Waals surface area contributed by atoms with E-state index in [1.807, 2.05) is 0 Å². The van der Waals surface area contributed by atoms with Crippen LogP contribution in [0.15, 0.2) is 0 Å². The van der Waals surface area contributed by atoms with Crippen LogP contribution in [0.3, 0.4) is 0 Å². The van der Waals surface area contributed by atoms with E-state index in [-0.39, 0.29) is 11.2 Å². The monoisotopic (exact) mass is 360 g/mol. The van der Waals surface area contributed by atoms with Crippen LogP contribution in [-0.4, -0.2) is 22.9 Å². The lowest BCUT2D eigenvalue weighted by molar-refractivity contribution is -0.111. The molecule has 0 spiro atoms. The van der Waals surface area contributed by atoms with Gasteiger partial charge in [-0.3, -0.25) is 0 Å². The van der Waals surface area contributed by atoms with Crippen LogP contribution in [0.5, 0.6) is 0 Å². The smallest absolute Gasteiger partial charge is 0.0921 e. The first-order valence-electron chi connectivity index (χ1n) is 11.7. The lowest BCUT2D eigenvalue weighted by Gasteiger charge is -2.57. The molecule has 1 unspecified atom stereocenters. The zero-order valence-electron chi connectivity index (χ0n) is 17.3. The van der Waals surface area contributed by atoms with Gasteiger partial charge in [-0.2, -0.15) is 0 Å². The number of epoxide rings is 1. The van der Waals surface area contributed by atoms with Gasteiger partial charge in [0.15, 0.2) is 0 Å². The molecular formula is C24H40O2. The Bertz CT molecular complexity index is 554. The van der Waals surface area contributed by atoms with E-state index in [1.165, 1.54) is 44.9 Å². The zero-order valence-corrected chi connectivity index (χ0v) is 17.3. The molecule has 2 heteroatoms. The summed E-state index contributed by atoms with van der Waals surface area (Å²) in [6, 6.07) is 0. The highest BCUT2D eigenvalue weighted by atomic mass is 16.6. The van der Waals surface area contributed by atoms with Gasteiger partial charge in [0.1, 0.15) is 0 Å².